The van der Waals surface area contributed by atoms with Crippen LogP contribution in [0, 0.1) is 6.92 Å². The van der Waals surface area contributed by atoms with Gasteiger partial charge in [-0.1, -0.05) is 12.1 Å². The van der Waals surface area contributed by atoms with Crippen LogP contribution in [0.5, 0.6) is 0 Å². The summed E-state index contributed by atoms with van der Waals surface area (Å²) in [7, 11) is -3.91. The Morgan fingerprint density at radius 1 is 1.21 bits per heavy atom. The SMILES string of the molecule is CC(=O)c1ccc(S(=O)(=O)N2CCCCC2C(=O)OCc2nnc(C)o2)cc1. The third-order valence-electron chi connectivity index (χ3n) is 4.50. The number of esters is 1. The smallest absolute Gasteiger partial charge is 0.324 e. The van der Waals surface area contributed by atoms with Crippen molar-refractivity contribution in [2.45, 2.75) is 50.7 Å². The van der Waals surface area contributed by atoms with Crippen LogP contribution in [0.1, 0.15) is 48.3 Å². The van der Waals surface area contributed by atoms with Crippen LogP contribution >= 0.6 is 0 Å². The van der Waals surface area contributed by atoms with Crippen molar-refractivity contribution in [3.63, 3.8) is 0 Å². The van der Waals surface area contributed by atoms with E-state index in [1.54, 1.807) is 6.92 Å². The number of hydrogen-bond donors (Lipinski definition) is 0. The maximum Gasteiger partial charge on any atom is 0.324 e. The Kier molecular flexibility index (Phi) is 5.90. The van der Waals surface area contributed by atoms with Crippen LogP contribution in [0.3, 0.4) is 0 Å². The van der Waals surface area contributed by atoms with Gasteiger partial charge >= 0.3 is 5.97 Å². The van der Waals surface area contributed by atoms with Crippen molar-refractivity contribution in [2.24, 2.45) is 0 Å². The number of rotatable bonds is 6. The molecule has 0 amide bonds. The number of sulfonamides is 1. The van der Waals surface area contributed by atoms with Crippen molar-refractivity contribution in [1.29, 1.82) is 0 Å². The predicted molar refractivity (Wildman–Crippen MR) is 96.8 cm³/mol. The summed E-state index contributed by atoms with van der Waals surface area (Å²) in [4.78, 5) is 24.0. The molecule has 1 aliphatic heterocycles. The molecule has 9 nitrogen and oxygen atoms in total. The highest BCUT2D eigenvalue weighted by Crippen LogP contribution is 2.26. The molecular formula is C18H21N3O6S. The molecule has 1 unspecified atom stereocenters. The quantitative estimate of drug-likeness (QED) is 0.526. The summed E-state index contributed by atoms with van der Waals surface area (Å²) in [5.41, 5.74) is 0.420. The van der Waals surface area contributed by atoms with E-state index in [1.807, 2.05) is 0 Å². The molecule has 0 saturated carbocycles. The maximum absolute atomic E-state index is 13.1. The lowest BCUT2D eigenvalue weighted by Crippen LogP contribution is -2.48. The minimum Gasteiger partial charge on any atom is -0.454 e. The summed E-state index contributed by atoms with van der Waals surface area (Å²) in [5, 5.41) is 7.40. The normalized spacial score (nSPS) is 18.0. The monoisotopic (exact) mass is 407 g/mol. The molecule has 2 aromatic rings. The number of ether oxygens (including phenoxy) is 1. The van der Waals surface area contributed by atoms with Gasteiger partial charge in [-0.3, -0.25) is 9.59 Å². The Hall–Kier alpha value is -2.59. The van der Waals surface area contributed by atoms with Gasteiger partial charge in [0, 0.05) is 19.0 Å². The molecule has 1 atom stereocenters. The first-order valence-corrected chi connectivity index (χ1v) is 10.3. The van der Waals surface area contributed by atoms with Crippen molar-refractivity contribution < 1.29 is 27.2 Å². The summed E-state index contributed by atoms with van der Waals surface area (Å²) < 4.78 is 37.6. The van der Waals surface area contributed by atoms with Gasteiger partial charge in [-0.25, -0.2) is 8.42 Å². The van der Waals surface area contributed by atoms with Gasteiger partial charge in [0.25, 0.3) is 5.89 Å². The highest BCUT2D eigenvalue weighted by Gasteiger charge is 2.38. The lowest BCUT2D eigenvalue weighted by molar-refractivity contribution is -0.151. The van der Waals surface area contributed by atoms with Crippen LogP contribution in [0.4, 0.5) is 0 Å². The highest BCUT2D eigenvalue weighted by atomic mass is 32.2. The van der Waals surface area contributed by atoms with Gasteiger partial charge < -0.3 is 9.15 Å². The van der Waals surface area contributed by atoms with Crippen LogP contribution in [0.2, 0.25) is 0 Å². The van der Waals surface area contributed by atoms with Gasteiger partial charge in [0.1, 0.15) is 6.04 Å². The summed E-state index contributed by atoms with van der Waals surface area (Å²) in [6.07, 6.45) is 1.73. The van der Waals surface area contributed by atoms with Crippen LogP contribution in [-0.2, 0) is 26.2 Å². The molecule has 0 radical (unpaired) electrons. The van der Waals surface area contributed by atoms with Crippen molar-refractivity contribution >= 4 is 21.8 Å². The molecule has 3 rings (SSSR count). The minimum atomic E-state index is -3.91. The molecule has 1 aliphatic rings. The van der Waals surface area contributed by atoms with Crippen molar-refractivity contribution in [3.05, 3.63) is 41.6 Å². The Balaban J connectivity index is 1.77. The number of ketones is 1. The van der Waals surface area contributed by atoms with Crippen LogP contribution < -0.4 is 0 Å². The van der Waals surface area contributed by atoms with E-state index < -0.39 is 22.0 Å². The lowest BCUT2D eigenvalue weighted by Gasteiger charge is -2.32. The number of piperidine rings is 1. The first-order chi connectivity index (χ1) is 13.3. The zero-order valence-corrected chi connectivity index (χ0v) is 16.4. The molecule has 0 spiro atoms. The molecule has 10 heteroatoms. The van der Waals surface area contributed by atoms with Gasteiger partial charge in [-0.15, -0.1) is 10.2 Å². The van der Waals surface area contributed by atoms with Crippen LogP contribution in [0.15, 0.2) is 33.6 Å². The second-order valence-electron chi connectivity index (χ2n) is 6.53. The summed E-state index contributed by atoms with van der Waals surface area (Å²) in [5.74, 6) is -0.308. The average molecular weight is 407 g/mol. The van der Waals surface area contributed by atoms with E-state index in [-0.39, 0.29) is 29.7 Å². The number of carbonyl (C=O) groups is 2. The topological polar surface area (TPSA) is 120 Å². The van der Waals surface area contributed by atoms with Gasteiger partial charge in [-0.05, 0) is 38.3 Å². The van der Waals surface area contributed by atoms with E-state index >= 15 is 0 Å². The number of Topliss-reactive ketones (excluding diaryl/α,β-unsaturated/α-hetero) is 1. The summed E-state index contributed by atoms with van der Waals surface area (Å²) >= 11 is 0. The Bertz CT molecular complexity index is 967. The van der Waals surface area contributed by atoms with Crippen LogP contribution in [-0.4, -0.2) is 47.3 Å². The molecule has 28 heavy (non-hydrogen) atoms. The second kappa shape index (κ2) is 8.19. The third-order valence-corrected chi connectivity index (χ3v) is 6.42. The number of carbonyl (C=O) groups excluding carboxylic acids is 2. The predicted octanol–water partition coefficient (Wildman–Crippen LogP) is 1.87. The molecule has 1 fully saturated rings. The van der Waals surface area contributed by atoms with Gasteiger partial charge in [-0.2, -0.15) is 4.31 Å². The summed E-state index contributed by atoms with van der Waals surface area (Å²) in [6, 6.07) is 4.76. The molecule has 150 valence electrons. The van der Waals surface area contributed by atoms with E-state index in [0.29, 0.717) is 30.7 Å². The van der Waals surface area contributed by atoms with Crippen molar-refractivity contribution in [3.8, 4) is 0 Å². The zero-order chi connectivity index (χ0) is 20.3. The number of aryl methyl sites for hydroxylation is 1. The maximum atomic E-state index is 13.1. The first-order valence-electron chi connectivity index (χ1n) is 8.87. The van der Waals surface area contributed by atoms with E-state index in [0.717, 1.165) is 0 Å². The van der Waals surface area contributed by atoms with E-state index in [2.05, 4.69) is 10.2 Å². The summed E-state index contributed by atoms with van der Waals surface area (Å²) in [6.45, 7) is 3.03. The zero-order valence-electron chi connectivity index (χ0n) is 15.6. The van der Waals surface area contributed by atoms with E-state index in [9.17, 15) is 18.0 Å². The standard InChI is InChI=1S/C18H21N3O6S/c1-12(22)14-6-8-15(9-7-14)28(24,25)21-10-4-3-5-16(21)18(23)26-11-17-20-19-13(2)27-17/h6-9,16H,3-5,10-11H2,1-2H3. The Labute approximate surface area is 162 Å². The van der Waals surface area contributed by atoms with Gasteiger partial charge in [0.2, 0.25) is 15.9 Å². The largest absolute Gasteiger partial charge is 0.454 e. The Morgan fingerprint density at radius 2 is 1.93 bits per heavy atom. The van der Waals surface area contributed by atoms with Gasteiger partial charge in [0.15, 0.2) is 12.4 Å². The number of hydrogen-bond acceptors (Lipinski definition) is 8. The molecule has 1 aromatic heterocycles. The first kappa shape index (κ1) is 20.2. The van der Waals surface area contributed by atoms with Crippen molar-refractivity contribution in [1.82, 2.24) is 14.5 Å². The van der Waals surface area contributed by atoms with Crippen molar-refractivity contribution in [2.75, 3.05) is 6.54 Å². The van der Waals surface area contributed by atoms with Gasteiger partial charge in [0.05, 0.1) is 4.90 Å². The fourth-order valence-corrected chi connectivity index (χ4v) is 4.70. The second-order valence-corrected chi connectivity index (χ2v) is 8.42. The van der Waals surface area contributed by atoms with E-state index in [1.165, 1.54) is 35.5 Å². The van der Waals surface area contributed by atoms with E-state index in [4.69, 9.17) is 9.15 Å². The Morgan fingerprint density at radius 3 is 2.54 bits per heavy atom. The molecule has 0 aliphatic carbocycles. The average Bonchev–Trinajstić information content (AvgIpc) is 3.11. The molecular weight excluding hydrogens is 386 g/mol. The molecule has 2 heterocycles. The molecule has 0 bridgehead atoms. The number of benzene rings is 1. The molecule has 1 aromatic carbocycles. The fourth-order valence-electron chi connectivity index (χ4n) is 3.05. The minimum absolute atomic E-state index is 0.0322. The third kappa shape index (κ3) is 4.28. The number of aromatic nitrogens is 2. The lowest BCUT2D eigenvalue weighted by atomic mass is 10.1. The fraction of sp³-hybridized carbons (Fsp3) is 0.444. The molecule has 0 N–H and O–H groups in total. The number of nitrogens with zero attached hydrogens (tertiary/aromatic N) is 3. The van der Waals surface area contributed by atoms with Crippen LogP contribution in [0.25, 0.3) is 0 Å². The highest BCUT2D eigenvalue weighted by molar-refractivity contribution is 7.89. The molecule has 1 saturated heterocycles.